The standard InChI is InChI=1S/C13H10N2O.2H2/c16-13-14-11-7-6-10(8-12(11)15-13)9-4-2-1-3-5-9;;/h1-8H,(H2,14,15,16);2*1H. The van der Waals surface area contributed by atoms with Crippen molar-refractivity contribution in [2.75, 3.05) is 0 Å². The Kier molecular flexibility index (Phi) is 1.90. The van der Waals surface area contributed by atoms with Gasteiger partial charge in [0.1, 0.15) is 0 Å². The zero-order valence-corrected chi connectivity index (χ0v) is 8.53. The van der Waals surface area contributed by atoms with Crippen molar-refractivity contribution in [3.63, 3.8) is 0 Å². The number of nitrogens with one attached hydrogen (secondary N) is 2. The zero-order valence-electron chi connectivity index (χ0n) is 8.53. The molecule has 16 heavy (non-hydrogen) atoms. The topological polar surface area (TPSA) is 48.6 Å². The molecule has 0 unspecified atom stereocenters. The predicted molar refractivity (Wildman–Crippen MR) is 68.6 cm³/mol. The van der Waals surface area contributed by atoms with Gasteiger partial charge in [-0.3, -0.25) is 0 Å². The van der Waals surface area contributed by atoms with Crippen LogP contribution in [0.5, 0.6) is 0 Å². The van der Waals surface area contributed by atoms with E-state index in [1.54, 1.807) is 0 Å². The lowest BCUT2D eigenvalue weighted by atomic mass is 10.1. The lowest BCUT2D eigenvalue weighted by Gasteiger charge is -2.00. The fourth-order valence-corrected chi connectivity index (χ4v) is 1.84. The SMILES string of the molecule is O=c1[nH]c2ccc(-c3ccccc3)cc2[nH]1.[HH].[HH]. The Hall–Kier alpha value is -2.29. The summed E-state index contributed by atoms with van der Waals surface area (Å²) < 4.78 is 0. The van der Waals surface area contributed by atoms with Crippen molar-refractivity contribution in [3.05, 3.63) is 59.0 Å². The number of fused-ring (bicyclic) bond motifs is 1. The molecule has 3 rings (SSSR count). The Morgan fingerprint density at radius 1 is 0.812 bits per heavy atom. The minimum Gasteiger partial charge on any atom is -0.306 e. The molecule has 1 heterocycles. The summed E-state index contributed by atoms with van der Waals surface area (Å²) in [6.45, 7) is 0. The minimum atomic E-state index is -0.166. The van der Waals surface area contributed by atoms with Crippen LogP contribution in [0, 0.1) is 0 Å². The first-order valence-corrected chi connectivity index (χ1v) is 5.10. The maximum atomic E-state index is 11.1. The molecule has 0 spiro atoms. The molecular weight excluding hydrogens is 200 g/mol. The van der Waals surface area contributed by atoms with Crippen LogP contribution in [-0.2, 0) is 0 Å². The minimum absolute atomic E-state index is 0. The van der Waals surface area contributed by atoms with Crippen molar-refractivity contribution < 1.29 is 2.85 Å². The third kappa shape index (κ3) is 1.42. The third-order valence-corrected chi connectivity index (χ3v) is 2.62. The van der Waals surface area contributed by atoms with E-state index in [2.05, 4.69) is 9.97 Å². The fraction of sp³-hybridized carbons (Fsp3) is 0. The van der Waals surface area contributed by atoms with E-state index < -0.39 is 0 Å². The van der Waals surface area contributed by atoms with Crippen LogP contribution in [0.15, 0.2) is 53.3 Å². The van der Waals surface area contributed by atoms with E-state index in [-0.39, 0.29) is 8.54 Å². The predicted octanol–water partition coefficient (Wildman–Crippen LogP) is 3.02. The Morgan fingerprint density at radius 2 is 1.56 bits per heavy atom. The lowest BCUT2D eigenvalue weighted by molar-refractivity contribution is 1.22. The van der Waals surface area contributed by atoms with Crippen LogP contribution in [-0.4, -0.2) is 9.97 Å². The second-order valence-electron chi connectivity index (χ2n) is 3.71. The molecule has 0 aliphatic carbocycles. The average Bonchev–Trinajstić information content (AvgIpc) is 2.69. The van der Waals surface area contributed by atoms with Gasteiger partial charge in [0.25, 0.3) is 0 Å². The molecule has 0 aliphatic heterocycles. The number of hydrogen-bond acceptors (Lipinski definition) is 1. The molecule has 0 bridgehead atoms. The second-order valence-corrected chi connectivity index (χ2v) is 3.71. The van der Waals surface area contributed by atoms with E-state index in [0.717, 1.165) is 22.2 Å². The normalized spacial score (nSPS) is 10.8. The van der Waals surface area contributed by atoms with Gasteiger partial charge in [-0.15, -0.1) is 0 Å². The highest BCUT2D eigenvalue weighted by Gasteiger charge is 2.01. The largest absolute Gasteiger partial charge is 0.323 e. The van der Waals surface area contributed by atoms with Crippen LogP contribution < -0.4 is 5.69 Å². The summed E-state index contributed by atoms with van der Waals surface area (Å²) in [6, 6.07) is 16.0. The molecule has 3 nitrogen and oxygen atoms in total. The number of rotatable bonds is 1. The summed E-state index contributed by atoms with van der Waals surface area (Å²) in [4.78, 5) is 16.6. The smallest absolute Gasteiger partial charge is 0.306 e. The van der Waals surface area contributed by atoms with Gasteiger partial charge >= 0.3 is 5.69 Å². The van der Waals surface area contributed by atoms with Gasteiger partial charge in [0, 0.05) is 2.85 Å². The Balaban J connectivity index is 0.000000810. The van der Waals surface area contributed by atoms with Gasteiger partial charge < -0.3 is 9.97 Å². The number of aromatic nitrogens is 2. The summed E-state index contributed by atoms with van der Waals surface area (Å²) in [6.07, 6.45) is 0. The van der Waals surface area contributed by atoms with E-state index in [4.69, 9.17) is 0 Å². The number of aromatic amines is 2. The maximum absolute atomic E-state index is 11.1. The van der Waals surface area contributed by atoms with Crippen molar-refractivity contribution in [2.24, 2.45) is 0 Å². The van der Waals surface area contributed by atoms with E-state index in [9.17, 15) is 4.79 Å². The summed E-state index contributed by atoms with van der Waals surface area (Å²) in [5.41, 5.74) is 3.76. The van der Waals surface area contributed by atoms with Crippen molar-refractivity contribution in [1.29, 1.82) is 0 Å². The first-order valence-electron chi connectivity index (χ1n) is 5.10. The Morgan fingerprint density at radius 3 is 2.38 bits per heavy atom. The van der Waals surface area contributed by atoms with Crippen molar-refractivity contribution >= 4 is 11.0 Å². The van der Waals surface area contributed by atoms with Crippen molar-refractivity contribution in [2.45, 2.75) is 0 Å². The van der Waals surface area contributed by atoms with Crippen LogP contribution >= 0.6 is 0 Å². The van der Waals surface area contributed by atoms with Crippen LogP contribution in [0.3, 0.4) is 0 Å². The van der Waals surface area contributed by atoms with Gasteiger partial charge in [0.15, 0.2) is 0 Å². The van der Waals surface area contributed by atoms with Gasteiger partial charge in [-0.2, -0.15) is 0 Å². The number of imidazole rings is 1. The Bertz CT molecular complexity index is 689. The number of benzene rings is 2. The first-order chi connectivity index (χ1) is 7.83. The van der Waals surface area contributed by atoms with Crippen molar-refractivity contribution in [1.82, 2.24) is 9.97 Å². The first kappa shape index (κ1) is 8.97. The van der Waals surface area contributed by atoms with Crippen LogP contribution in [0.2, 0.25) is 0 Å². The van der Waals surface area contributed by atoms with E-state index in [1.165, 1.54) is 0 Å². The molecule has 0 amide bonds. The Labute approximate surface area is 94.7 Å². The second kappa shape index (κ2) is 3.38. The molecule has 3 heteroatoms. The zero-order chi connectivity index (χ0) is 11.0. The molecule has 0 saturated heterocycles. The molecule has 0 saturated carbocycles. The molecule has 3 aromatic rings. The summed E-state index contributed by atoms with van der Waals surface area (Å²) in [5, 5.41) is 0. The summed E-state index contributed by atoms with van der Waals surface area (Å²) >= 11 is 0. The molecule has 0 aliphatic rings. The summed E-state index contributed by atoms with van der Waals surface area (Å²) in [7, 11) is 0. The van der Waals surface area contributed by atoms with E-state index in [1.807, 2.05) is 48.5 Å². The highest BCUT2D eigenvalue weighted by molar-refractivity contribution is 5.81. The van der Waals surface area contributed by atoms with Gasteiger partial charge in [0.2, 0.25) is 0 Å². The third-order valence-electron chi connectivity index (χ3n) is 2.62. The van der Waals surface area contributed by atoms with Gasteiger partial charge in [-0.05, 0) is 23.3 Å². The van der Waals surface area contributed by atoms with Gasteiger partial charge in [-0.1, -0.05) is 36.4 Å². The molecule has 0 atom stereocenters. The van der Waals surface area contributed by atoms with Gasteiger partial charge in [0.05, 0.1) is 11.0 Å². The number of hydrogen-bond donors (Lipinski definition) is 2. The molecule has 2 N–H and O–H groups in total. The molecule has 2 aromatic carbocycles. The maximum Gasteiger partial charge on any atom is 0.323 e. The highest BCUT2D eigenvalue weighted by Crippen LogP contribution is 2.21. The molecule has 0 fully saturated rings. The van der Waals surface area contributed by atoms with E-state index in [0.29, 0.717) is 0 Å². The fourth-order valence-electron chi connectivity index (χ4n) is 1.84. The highest BCUT2D eigenvalue weighted by atomic mass is 16.1. The summed E-state index contributed by atoms with van der Waals surface area (Å²) in [5.74, 6) is 0. The molecule has 82 valence electrons. The number of H-pyrrole nitrogens is 2. The van der Waals surface area contributed by atoms with Crippen LogP contribution in [0.25, 0.3) is 22.2 Å². The molecule has 0 radical (unpaired) electrons. The molecule has 1 aromatic heterocycles. The average molecular weight is 214 g/mol. The van der Waals surface area contributed by atoms with Crippen LogP contribution in [0.4, 0.5) is 0 Å². The van der Waals surface area contributed by atoms with E-state index >= 15 is 0 Å². The quantitative estimate of drug-likeness (QED) is 0.642. The lowest BCUT2D eigenvalue weighted by Crippen LogP contribution is -1.99. The molecular formula is C13H14N2O. The van der Waals surface area contributed by atoms with Gasteiger partial charge in [-0.25, -0.2) is 4.79 Å². The van der Waals surface area contributed by atoms with Crippen molar-refractivity contribution in [3.8, 4) is 11.1 Å². The monoisotopic (exact) mass is 214 g/mol. The van der Waals surface area contributed by atoms with Crippen LogP contribution in [0.1, 0.15) is 2.85 Å².